The van der Waals surface area contributed by atoms with Crippen LogP contribution in [-0.2, 0) is 9.59 Å². The van der Waals surface area contributed by atoms with Crippen LogP contribution in [0.1, 0.15) is 13.8 Å². The summed E-state index contributed by atoms with van der Waals surface area (Å²) >= 11 is 0. The first-order valence-corrected chi connectivity index (χ1v) is 4.48. The zero-order valence-corrected chi connectivity index (χ0v) is 8.67. The van der Waals surface area contributed by atoms with Crippen LogP contribution in [-0.4, -0.2) is 29.8 Å². The smallest absolute Gasteiger partial charge is 0.269 e. The van der Waals surface area contributed by atoms with Crippen molar-refractivity contribution in [1.29, 1.82) is 0 Å². The number of nitrogens with zero attached hydrogens (tertiary/aromatic N) is 1. The van der Waals surface area contributed by atoms with Crippen molar-refractivity contribution < 1.29 is 9.59 Å². The van der Waals surface area contributed by atoms with Crippen LogP contribution in [0.5, 0.6) is 0 Å². The van der Waals surface area contributed by atoms with Crippen molar-refractivity contribution in [2.24, 2.45) is 0 Å². The summed E-state index contributed by atoms with van der Waals surface area (Å²) in [6.45, 7) is 11.7. The Kier molecular flexibility index (Phi) is 5.29. The summed E-state index contributed by atoms with van der Waals surface area (Å²) in [4.78, 5) is 24.0. The molecule has 0 heterocycles. The number of hydrogen-bond donors (Lipinski definition) is 1. The molecule has 0 unspecified atom stereocenters. The van der Waals surface area contributed by atoms with E-state index in [-0.39, 0.29) is 11.6 Å². The molecule has 4 heteroatoms. The molecule has 0 atom stereocenters. The molecule has 0 spiro atoms. The number of likely N-dealkylation sites (N-methyl/N-ethyl adjacent to an activating group) is 1. The maximum absolute atomic E-state index is 11.5. The van der Waals surface area contributed by atoms with Crippen LogP contribution in [0.4, 0.5) is 0 Å². The van der Waals surface area contributed by atoms with Gasteiger partial charge in [-0.25, -0.2) is 0 Å². The fourth-order valence-corrected chi connectivity index (χ4v) is 0.955. The largest absolute Gasteiger partial charge is 0.338 e. The zero-order chi connectivity index (χ0) is 11.1. The second-order valence-electron chi connectivity index (χ2n) is 2.65. The molecule has 0 fully saturated rings. The maximum Gasteiger partial charge on any atom is 0.269 e. The van der Waals surface area contributed by atoms with Gasteiger partial charge in [-0.3, -0.25) is 9.59 Å². The van der Waals surface area contributed by atoms with Gasteiger partial charge in [-0.05, 0) is 19.9 Å². The van der Waals surface area contributed by atoms with E-state index in [9.17, 15) is 9.59 Å². The lowest BCUT2D eigenvalue weighted by Gasteiger charge is -2.19. The molecule has 0 aliphatic carbocycles. The van der Waals surface area contributed by atoms with Gasteiger partial charge < -0.3 is 10.2 Å². The third-order valence-corrected chi connectivity index (χ3v) is 1.77. The fraction of sp³-hybridized carbons (Fsp3) is 0.400. The van der Waals surface area contributed by atoms with Gasteiger partial charge in [0.25, 0.3) is 5.91 Å². The molecule has 0 aromatic carbocycles. The van der Waals surface area contributed by atoms with Gasteiger partial charge in [0.1, 0.15) is 0 Å². The highest BCUT2D eigenvalue weighted by Crippen LogP contribution is 1.96. The normalized spacial score (nSPS) is 9.00. The monoisotopic (exact) mass is 196 g/mol. The number of amides is 2. The molecule has 0 aromatic rings. The van der Waals surface area contributed by atoms with Crippen LogP contribution < -0.4 is 5.32 Å². The van der Waals surface area contributed by atoms with Crippen molar-refractivity contribution in [1.82, 2.24) is 10.2 Å². The van der Waals surface area contributed by atoms with Crippen molar-refractivity contribution >= 4 is 11.8 Å². The quantitative estimate of drug-likeness (QED) is 0.657. The maximum atomic E-state index is 11.5. The third kappa shape index (κ3) is 3.43. The topological polar surface area (TPSA) is 49.4 Å². The SMILES string of the molecule is C=CC(=O)NC(=C)C(=O)N(CC)CC. The van der Waals surface area contributed by atoms with E-state index in [1.807, 2.05) is 13.8 Å². The van der Waals surface area contributed by atoms with Gasteiger partial charge in [0, 0.05) is 13.1 Å². The minimum atomic E-state index is -0.421. The fourth-order valence-electron chi connectivity index (χ4n) is 0.955. The van der Waals surface area contributed by atoms with Crippen molar-refractivity contribution in [2.45, 2.75) is 13.8 Å². The average Bonchev–Trinajstić information content (AvgIpc) is 2.19. The molecule has 0 saturated heterocycles. The first-order chi connectivity index (χ1) is 6.56. The second-order valence-corrected chi connectivity index (χ2v) is 2.65. The lowest BCUT2D eigenvalue weighted by atomic mass is 10.3. The van der Waals surface area contributed by atoms with Crippen LogP contribution in [0.2, 0.25) is 0 Å². The Morgan fingerprint density at radius 3 is 2.21 bits per heavy atom. The molecule has 0 aliphatic heterocycles. The van der Waals surface area contributed by atoms with Crippen LogP contribution in [0.25, 0.3) is 0 Å². The third-order valence-electron chi connectivity index (χ3n) is 1.77. The summed E-state index contributed by atoms with van der Waals surface area (Å²) in [6.07, 6.45) is 1.10. The van der Waals surface area contributed by atoms with Gasteiger partial charge in [-0.15, -0.1) is 0 Å². The Labute approximate surface area is 84.3 Å². The first-order valence-electron chi connectivity index (χ1n) is 4.48. The van der Waals surface area contributed by atoms with Crippen molar-refractivity contribution in [3.05, 3.63) is 24.9 Å². The van der Waals surface area contributed by atoms with E-state index in [0.29, 0.717) is 13.1 Å². The molecule has 0 aromatic heterocycles. The Morgan fingerprint density at radius 1 is 1.36 bits per heavy atom. The minimum absolute atomic E-state index is 0.0820. The summed E-state index contributed by atoms with van der Waals surface area (Å²) in [5.74, 6) is -0.680. The van der Waals surface area contributed by atoms with E-state index in [1.54, 1.807) is 4.90 Å². The summed E-state index contributed by atoms with van der Waals surface area (Å²) < 4.78 is 0. The summed E-state index contributed by atoms with van der Waals surface area (Å²) in [7, 11) is 0. The molecule has 78 valence electrons. The highest BCUT2D eigenvalue weighted by atomic mass is 16.2. The molecular formula is C10H16N2O2. The summed E-state index contributed by atoms with van der Waals surface area (Å²) in [5.41, 5.74) is 0.0820. The van der Waals surface area contributed by atoms with Crippen molar-refractivity contribution in [2.75, 3.05) is 13.1 Å². The van der Waals surface area contributed by atoms with Gasteiger partial charge in [0.2, 0.25) is 5.91 Å². The van der Waals surface area contributed by atoms with Crippen molar-refractivity contribution in [3.63, 3.8) is 0 Å². The van der Waals surface area contributed by atoms with Crippen LogP contribution in [0, 0.1) is 0 Å². The standard InChI is InChI=1S/C10H16N2O2/c1-5-9(13)11-8(4)10(14)12(6-2)7-3/h5H,1,4,6-7H2,2-3H3,(H,11,13). The van der Waals surface area contributed by atoms with E-state index >= 15 is 0 Å². The Morgan fingerprint density at radius 2 is 1.86 bits per heavy atom. The number of nitrogens with one attached hydrogen (secondary N) is 1. The average molecular weight is 196 g/mol. The summed E-state index contributed by atoms with van der Waals surface area (Å²) in [5, 5.41) is 2.34. The van der Waals surface area contributed by atoms with E-state index in [4.69, 9.17) is 0 Å². The molecule has 14 heavy (non-hydrogen) atoms. The molecule has 4 nitrogen and oxygen atoms in total. The predicted octanol–water partition coefficient (Wildman–Crippen LogP) is 0.671. The Bertz CT molecular complexity index is 255. The van der Waals surface area contributed by atoms with Crippen molar-refractivity contribution in [3.8, 4) is 0 Å². The molecule has 0 rings (SSSR count). The van der Waals surface area contributed by atoms with E-state index in [2.05, 4.69) is 18.5 Å². The van der Waals surface area contributed by atoms with Gasteiger partial charge in [0.05, 0.1) is 5.70 Å². The van der Waals surface area contributed by atoms with E-state index in [1.165, 1.54) is 0 Å². The second kappa shape index (κ2) is 5.96. The van der Waals surface area contributed by atoms with Gasteiger partial charge in [-0.1, -0.05) is 13.2 Å². The van der Waals surface area contributed by atoms with E-state index < -0.39 is 5.91 Å². The molecule has 2 amide bonds. The molecular weight excluding hydrogens is 180 g/mol. The lowest BCUT2D eigenvalue weighted by molar-refractivity contribution is -0.128. The highest BCUT2D eigenvalue weighted by molar-refractivity contribution is 5.99. The summed E-state index contributed by atoms with van der Waals surface area (Å²) in [6, 6.07) is 0. The Hall–Kier alpha value is -1.58. The van der Waals surface area contributed by atoms with Crippen LogP contribution in [0.15, 0.2) is 24.9 Å². The Balaban J connectivity index is 4.31. The van der Waals surface area contributed by atoms with Gasteiger partial charge in [-0.2, -0.15) is 0 Å². The number of rotatable bonds is 5. The predicted molar refractivity (Wildman–Crippen MR) is 55.4 cm³/mol. The number of carbonyl (C=O) groups excluding carboxylic acids is 2. The molecule has 0 saturated carbocycles. The molecule has 0 aliphatic rings. The van der Waals surface area contributed by atoms with Gasteiger partial charge in [0.15, 0.2) is 0 Å². The lowest BCUT2D eigenvalue weighted by Crippen LogP contribution is -2.37. The van der Waals surface area contributed by atoms with Gasteiger partial charge >= 0.3 is 0 Å². The first kappa shape index (κ1) is 12.4. The van der Waals surface area contributed by atoms with Crippen LogP contribution in [0.3, 0.4) is 0 Å². The minimum Gasteiger partial charge on any atom is -0.338 e. The molecule has 0 radical (unpaired) electrons. The molecule has 1 N–H and O–H groups in total. The zero-order valence-electron chi connectivity index (χ0n) is 8.67. The van der Waals surface area contributed by atoms with Crippen LogP contribution >= 0.6 is 0 Å². The molecule has 0 bridgehead atoms. The highest BCUT2D eigenvalue weighted by Gasteiger charge is 2.14. The van der Waals surface area contributed by atoms with E-state index in [0.717, 1.165) is 6.08 Å². The number of carbonyl (C=O) groups is 2. The number of hydrogen-bond acceptors (Lipinski definition) is 2.